The normalized spacial score (nSPS) is 11.6. The SMILES string of the molecule is COc1cc(C[C@H](N)C(N)=O)cc(C(=O)OCc2ccccc2)c1. The van der Waals surface area contributed by atoms with Gasteiger partial charge in [-0.15, -0.1) is 0 Å². The van der Waals surface area contributed by atoms with Gasteiger partial charge >= 0.3 is 5.97 Å². The molecule has 0 unspecified atom stereocenters. The van der Waals surface area contributed by atoms with E-state index in [2.05, 4.69) is 0 Å². The van der Waals surface area contributed by atoms with Gasteiger partial charge in [0.2, 0.25) is 5.91 Å². The molecule has 0 aliphatic carbocycles. The lowest BCUT2D eigenvalue weighted by molar-refractivity contribution is -0.119. The van der Waals surface area contributed by atoms with Crippen molar-refractivity contribution < 1.29 is 19.1 Å². The number of hydrogen-bond donors (Lipinski definition) is 2. The van der Waals surface area contributed by atoms with Gasteiger partial charge in [0.05, 0.1) is 18.7 Å². The quantitative estimate of drug-likeness (QED) is 0.748. The lowest BCUT2D eigenvalue weighted by atomic mass is 10.0. The lowest BCUT2D eigenvalue weighted by Gasteiger charge is -2.11. The second-order valence-electron chi connectivity index (χ2n) is 5.34. The monoisotopic (exact) mass is 328 g/mol. The van der Waals surface area contributed by atoms with Crippen molar-refractivity contribution in [3.8, 4) is 5.75 Å². The third kappa shape index (κ3) is 4.82. The fourth-order valence-electron chi connectivity index (χ4n) is 2.18. The number of methoxy groups -OCH3 is 1. The standard InChI is InChI=1S/C18H20N2O4/c1-23-15-8-13(9-16(19)17(20)21)7-14(10-15)18(22)24-11-12-5-3-2-4-6-12/h2-8,10,16H,9,11,19H2,1H3,(H2,20,21)/t16-/m0/s1. The summed E-state index contributed by atoms with van der Waals surface area (Å²) in [5.74, 6) is -0.603. The number of rotatable bonds is 7. The molecule has 0 heterocycles. The summed E-state index contributed by atoms with van der Waals surface area (Å²) in [5, 5.41) is 0. The van der Waals surface area contributed by atoms with Gasteiger partial charge in [0.15, 0.2) is 0 Å². The molecule has 1 amide bonds. The van der Waals surface area contributed by atoms with Gasteiger partial charge in [-0.25, -0.2) is 4.79 Å². The molecule has 6 heteroatoms. The van der Waals surface area contributed by atoms with Crippen molar-refractivity contribution in [2.24, 2.45) is 11.5 Å². The first kappa shape index (κ1) is 17.5. The Bertz CT molecular complexity index is 716. The Hall–Kier alpha value is -2.86. The van der Waals surface area contributed by atoms with Crippen LogP contribution in [0.4, 0.5) is 0 Å². The summed E-state index contributed by atoms with van der Waals surface area (Å²) in [6.45, 7) is 0.174. The minimum absolute atomic E-state index is 0.174. The molecule has 0 aliphatic rings. The largest absolute Gasteiger partial charge is 0.497 e. The minimum atomic E-state index is -0.828. The lowest BCUT2D eigenvalue weighted by Crippen LogP contribution is -2.38. The molecule has 0 radical (unpaired) electrons. The molecule has 0 fully saturated rings. The van der Waals surface area contributed by atoms with E-state index in [4.69, 9.17) is 20.9 Å². The summed E-state index contributed by atoms with van der Waals surface area (Å²) in [7, 11) is 1.49. The van der Waals surface area contributed by atoms with Crippen molar-refractivity contribution in [2.45, 2.75) is 19.1 Å². The fraction of sp³-hybridized carbons (Fsp3) is 0.222. The van der Waals surface area contributed by atoms with Gasteiger partial charge in [-0.2, -0.15) is 0 Å². The summed E-state index contributed by atoms with van der Waals surface area (Å²) in [6.07, 6.45) is 0.214. The molecule has 1 atom stereocenters. The first-order valence-electron chi connectivity index (χ1n) is 7.43. The predicted molar refractivity (Wildman–Crippen MR) is 89.4 cm³/mol. The van der Waals surface area contributed by atoms with E-state index in [0.717, 1.165) is 5.56 Å². The van der Waals surface area contributed by atoms with Crippen molar-refractivity contribution in [3.05, 3.63) is 65.2 Å². The highest BCUT2D eigenvalue weighted by molar-refractivity contribution is 5.90. The third-order valence-corrected chi connectivity index (χ3v) is 3.47. The van der Waals surface area contributed by atoms with Crippen LogP contribution in [0.1, 0.15) is 21.5 Å². The number of benzene rings is 2. The predicted octanol–water partition coefficient (Wildman–Crippen LogP) is 1.41. The van der Waals surface area contributed by atoms with Crippen molar-refractivity contribution in [1.82, 2.24) is 0 Å². The van der Waals surface area contributed by atoms with Crippen LogP contribution in [0.3, 0.4) is 0 Å². The number of amides is 1. The van der Waals surface area contributed by atoms with Crippen LogP contribution in [0, 0.1) is 0 Å². The Balaban J connectivity index is 2.12. The molecule has 6 nitrogen and oxygen atoms in total. The Kier molecular flexibility index (Phi) is 5.92. The highest BCUT2D eigenvalue weighted by Crippen LogP contribution is 2.19. The van der Waals surface area contributed by atoms with Gasteiger partial charge in [0, 0.05) is 0 Å². The number of carbonyl (C=O) groups excluding carboxylic acids is 2. The van der Waals surface area contributed by atoms with E-state index in [1.807, 2.05) is 30.3 Å². The Labute approximate surface area is 140 Å². The smallest absolute Gasteiger partial charge is 0.338 e. The van der Waals surface area contributed by atoms with Gasteiger partial charge in [-0.05, 0) is 35.7 Å². The van der Waals surface area contributed by atoms with E-state index in [-0.39, 0.29) is 13.0 Å². The highest BCUT2D eigenvalue weighted by atomic mass is 16.5. The van der Waals surface area contributed by atoms with Crippen LogP contribution >= 0.6 is 0 Å². The van der Waals surface area contributed by atoms with Crippen LogP contribution in [0.25, 0.3) is 0 Å². The molecule has 0 bridgehead atoms. The van der Waals surface area contributed by atoms with Crippen LogP contribution in [0.2, 0.25) is 0 Å². The molecular formula is C18H20N2O4. The van der Waals surface area contributed by atoms with Gasteiger partial charge in [0.25, 0.3) is 0 Å². The van der Waals surface area contributed by atoms with Crippen LogP contribution in [-0.4, -0.2) is 25.0 Å². The van der Waals surface area contributed by atoms with Crippen molar-refractivity contribution in [1.29, 1.82) is 0 Å². The van der Waals surface area contributed by atoms with Gasteiger partial charge < -0.3 is 20.9 Å². The number of primary amides is 1. The number of ether oxygens (including phenoxy) is 2. The first-order chi connectivity index (χ1) is 11.5. The molecule has 2 aromatic rings. The molecule has 4 N–H and O–H groups in total. The number of esters is 1. The zero-order valence-electron chi connectivity index (χ0n) is 13.4. The van der Waals surface area contributed by atoms with Crippen molar-refractivity contribution in [2.75, 3.05) is 7.11 Å². The Morgan fingerprint density at radius 1 is 1.08 bits per heavy atom. The molecular weight excluding hydrogens is 308 g/mol. The minimum Gasteiger partial charge on any atom is -0.497 e. The van der Waals surface area contributed by atoms with Crippen LogP contribution < -0.4 is 16.2 Å². The van der Waals surface area contributed by atoms with Crippen LogP contribution in [0.15, 0.2) is 48.5 Å². The molecule has 0 saturated carbocycles. The summed E-state index contributed by atoms with van der Waals surface area (Å²) in [6, 6.07) is 13.5. The second kappa shape index (κ2) is 8.12. The van der Waals surface area contributed by atoms with Crippen LogP contribution in [-0.2, 0) is 22.6 Å². The van der Waals surface area contributed by atoms with Crippen molar-refractivity contribution in [3.63, 3.8) is 0 Å². The zero-order chi connectivity index (χ0) is 17.5. The molecule has 2 rings (SSSR count). The van der Waals surface area contributed by atoms with E-state index < -0.39 is 17.9 Å². The third-order valence-electron chi connectivity index (χ3n) is 3.47. The van der Waals surface area contributed by atoms with Gasteiger partial charge in [-0.1, -0.05) is 30.3 Å². The summed E-state index contributed by atoms with van der Waals surface area (Å²) < 4.78 is 10.5. The van der Waals surface area contributed by atoms with E-state index >= 15 is 0 Å². The molecule has 126 valence electrons. The molecule has 2 aromatic carbocycles. The number of hydrogen-bond acceptors (Lipinski definition) is 5. The highest BCUT2D eigenvalue weighted by Gasteiger charge is 2.15. The van der Waals surface area contributed by atoms with E-state index in [9.17, 15) is 9.59 Å². The summed E-state index contributed by atoms with van der Waals surface area (Å²) in [5.41, 5.74) is 12.7. The van der Waals surface area contributed by atoms with E-state index in [1.54, 1.807) is 18.2 Å². The average Bonchev–Trinajstić information content (AvgIpc) is 2.60. The number of carbonyl (C=O) groups is 2. The molecule has 24 heavy (non-hydrogen) atoms. The number of nitrogens with two attached hydrogens (primary N) is 2. The van der Waals surface area contributed by atoms with Gasteiger partial charge in [-0.3, -0.25) is 4.79 Å². The zero-order valence-corrected chi connectivity index (χ0v) is 13.4. The molecule has 0 aliphatic heterocycles. The molecule has 0 spiro atoms. The Morgan fingerprint density at radius 2 is 1.79 bits per heavy atom. The maximum absolute atomic E-state index is 12.3. The summed E-state index contributed by atoms with van der Waals surface area (Å²) >= 11 is 0. The summed E-state index contributed by atoms with van der Waals surface area (Å²) in [4.78, 5) is 23.4. The maximum Gasteiger partial charge on any atom is 0.338 e. The first-order valence-corrected chi connectivity index (χ1v) is 7.43. The maximum atomic E-state index is 12.3. The van der Waals surface area contributed by atoms with Crippen molar-refractivity contribution >= 4 is 11.9 Å². The van der Waals surface area contributed by atoms with E-state index in [1.165, 1.54) is 7.11 Å². The average molecular weight is 328 g/mol. The van der Waals surface area contributed by atoms with Crippen LogP contribution in [0.5, 0.6) is 5.75 Å². The topological polar surface area (TPSA) is 105 Å². The van der Waals surface area contributed by atoms with Gasteiger partial charge in [0.1, 0.15) is 12.4 Å². The van der Waals surface area contributed by atoms with E-state index in [0.29, 0.717) is 16.9 Å². The molecule has 0 aromatic heterocycles. The fourth-order valence-corrected chi connectivity index (χ4v) is 2.18. The second-order valence-corrected chi connectivity index (χ2v) is 5.34. The molecule has 0 saturated heterocycles. The Morgan fingerprint density at radius 3 is 2.42 bits per heavy atom.